The second-order valence-corrected chi connectivity index (χ2v) is 2.45. The van der Waals surface area contributed by atoms with Gasteiger partial charge in [-0.25, -0.2) is 0 Å². The minimum atomic E-state index is 1.18. The van der Waals surface area contributed by atoms with Crippen molar-refractivity contribution in [2.45, 2.75) is 6.92 Å². The molecule has 0 unspecified atom stereocenters. The maximum atomic E-state index is 7.51. The Hall–Kier alpha value is -1.81. The highest BCUT2D eigenvalue weighted by Crippen LogP contribution is 2.02. The molecule has 13 heavy (non-hydrogen) atoms. The monoisotopic (exact) mass is 171 g/mol. The van der Waals surface area contributed by atoms with Crippen molar-refractivity contribution in [3.05, 3.63) is 54.6 Å². The molecule has 0 bridgehead atoms. The first-order valence-corrected chi connectivity index (χ1v) is 3.94. The molecule has 66 valence electrons. The van der Waals surface area contributed by atoms with Gasteiger partial charge in [-0.15, -0.1) is 0 Å². The normalized spacial score (nSPS) is 7.38. The molecule has 0 N–H and O–H groups in total. The van der Waals surface area contributed by atoms with Gasteiger partial charge in [-0.1, -0.05) is 49.1 Å². The lowest BCUT2D eigenvalue weighted by Crippen LogP contribution is -1.71. The van der Waals surface area contributed by atoms with E-state index in [0.717, 1.165) is 0 Å². The van der Waals surface area contributed by atoms with E-state index in [0.29, 0.717) is 0 Å². The maximum Gasteiger partial charge on any atom is 0.0905 e. The first-order valence-electron chi connectivity index (χ1n) is 3.94. The molecule has 0 amide bonds. The zero-order valence-corrected chi connectivity index (χ0v) is 7.83. The standard InChI is InChI=1S/C9H10.C3H3N/c1-3-9-6-4-8(2)5-7-9;1-2-3-4/h3-7H,1H2,2H3;2H,1H2. The fraction of sp³-hybridized carbons (Fsp3) is 0.0833. The van der Waals surface area contributed by atoms with Crippen molar-refractivity contribution >= 4 is 6.08 Å². The van der Waals surface area contributed by atoms with Crippen molar-refractivity contribution in [1.29, 1.82) is 5.26 Å². The van der Waals surface area contributed by atoms with Gasteiger partial charge >= 0.3 is 0 Å². The highest BCUT2D eigenvalue weighted by atomic mass is 14.2. The molecule has 1 rings (SSSR count). The summed E-state index contributed by atoms with van der Waals surface area (Å²) in [5, 5.41) is 7.51. The number of aryl methyl sites for hydroxylation is 1. The number of allylic oxidation sites excluding steroid dienone is 1. The van der Waals surface area contributed by atoms with Crippen molar-refractivity contribution < 1.29 is 0 Å². The first kappa shape index (κ1) is 11.2. The van der Waals surface area contributed by atoms with Gasteiger partial charge in [-0.05, 0) is 12.5 Å². The molecule has 1 heteroatoms. The molecule has 0 spiro atoms. The van der Waals surface area contributed by atoms with E-state index < -0.39 is 0 Å². The molecule has 0 fully saturated rings. The van der Waals surface area contributed by atoms with E-state index in [1.54, 1.807) is 6.07 Å². The third-order valence-electron chi connectivity index (χ3n) is 1.40. The van der Waals surface area contributed by atoms with Crippen LogP contribution in [0.1, 0.15) is 11.1 Å². The summed E-state index contributed by atoms with van der Waals surface area (Å²) < 4.78 is 0. The van der Waals surface area contributed by atoms with Crippen LogP contribution in [0.2, 0.25) is 0 Å². The van der Waals surface area contributed by atoms with Crippen LogP contribution in [0.25, 0.3) is 6.08 Å². The van der Waals surface area contributed by atoms with E-state index in [-0.39, 0.29) is 0 Å². The van der Waals surface area contributed by atoms with E-state index in [9.17, 15) is 0 Å². The summed E-state index contributed by atoms with van der Waals surface area (Å²) in [6, 6.07) is 9.97. The second-order valence-electron chi connectivity index (χ2n) is 2.45. The number of nitrogens with zero attached hydrogens (tertiary/aromatic N) is 1. The SMILES string of the molecule is C=CC#N.C=Cc1ccc(C)cc1. The third kappa shape index (κ3) is 5.46. The molecule has 1 aromatic rings. The Morgan fingerprint density at radius 2 is 1.69 bits per heavy atom. The smallest absolute Gasteiger partial charge is 0.0905 e. The summed E-state index contributed by atoms with van der Waals surface area (Å²) in [5.74, 6) is 0. The Kier molecular flexibility index (Phi) is 5.92. The van der Waals surface area contributed by atoms with Crippen molar-refractivity contribution in [2.75, 3.05) is 0 Å². The van der Waals surface area contributed by atoms with Gasteiger partial charge in [-0.2, -0.15) is 5.26 Å². The average Bonchev–Trinajstić information content (AvgIpc) is 2.19. The number of hydrogen-bond donors (Lipinski definition) is 0. The topological polar surface area (TPSA) is 23.8 Å². The molecule has 0 saturated heterocycles. The summed E-state index contributed by atoms with van der Waals surface area (Å²) >= 11 is 0. The Labute approximate surface area is 79.6 Å². The van der Waals surface area contributed by atoms with Crippen molar-refractivity contribution in [1.82, 2.24) is 0 Å². The van der Waals surface area contributed by atoms with Crippen LogP contribution in [-0.2, 0) is 0 Å². The van der Waals surface area contributed by atoms with Gasteiger partial charge in [-0.3, -0.25) is 0 Å². The molecule has 0 aliphatic heterocycles. The highest BCUT2D eigenvalue weighted by Gasteiger charge is 1.82. The van der Waals surface area contributed by atoms with E-state index in [1.807, 2.05) is 6.08 Å². The van der Waals surface area contributed by atoms with Crippen LogP contribution < -0.4 is 0 Å². The average molecular weight is 171 g/mol. The Morgan fingerprint density at radius 1 is 1.23 bits per heavy atom. The van der Waals surface area contributed by atoms with Gasteiger partial charge in [0, 0.05) is 6.08 Å². The van der Waals surface area contributed by atoms with E-state index in [1.165, 1.54) is 17.2 Å². The summed E-state index contributed by atoms with van der Waals surface area (Å²) in [4.78, 5) is 0. The van der Waals surface area contributed by atoms with Crippen molar-refractivity contribution in [3.8, 4) is 6.07 Å². The first-order chi connectivity index (χ1) is 6.24. The number of hydrogen-bond acceptors (Lipinski definition) is 1. The van der Waals surface area contributed by atoms with E-state index in [4.69, 9.17) is 5.26 Å². The number of rotatable bonds is 1. The minimum absolute atomic E-state index is 1.18. The molecule has 0 aliphatic carbocycles. The quantitative estimate of drug-likeness (QED) is 0.594. The zero-order valence-electron chi connectivity index (χ0n) is 7.83. The van der Waals surface area contributed by atoms with E-state index >= 15 is 0 Å². The number of benzene rings is 1. The third-order valence-corrected chi connectivity index (χ3v) is 1.40. The lowest BCUT2D eigenvalue weighted by Gasteiger charge is -1.91. The molecule has 0 saturated carbocycles. The van der Waals surface area contributed by atoms with Crippen LogP contribution >= 0.6 is 0 Å². The van der Waals surface area contributed by atoms with Crippen LogP contribution in [-0.4, -0.2) is 0 Å². The van der Waals surface area contributed by atoms with Gasteiger partial charge in [0.15, 0.2) is 0 Å². The van der Waals surface area contributed by atoms with Crippen LogP contribution in [0, 0.1) is 18.3 Å². The lowest BCUT2D eigenvalue weighted by atomic mass is 10.2. The molecular formula is C12H13N. The lowest BCUT2D eigenvalue weighted by molar-refractivity contribution is 1.46. The van der Waals surface area contributed by atoms with Crippen LogP contribution in [0.15, 0.2) is 43.5 Å². The molecule has 1 aromatic carbocycles. The van der Waals surface area contributed by atoms with Crippen LogP contribution in [0.3, 0.4) is 0 Å². The summed E-state index contributed by atoms with van der Waals surface area (Å²) in [6.07, 6.45) is 3.03. The predicted molar refractivity (Wildman–Crippen MR) is 57.1 cm³/mol. The van der Waals surface area contributed by atoms with Gasteiger partial charge in [0.1, 0.15) is 0 Å². The Morgan fingerprint density at radius 3 is 2.00 bits per heavy atom. The molecular weight excluding hydrogens is 158 g/mol. The summed E-state index contributed by atoms with van der Waals surface area (Å²) in [7, 11) is 0. The zero-order chi connectivity index (χ0) is 10.1. The fourth-order valence-corrected chi connectivity index (χ4v) is 0.703. The van der Waals surface area contributed by atoms with Gasteiger partial charge in [0.05, 0.1) is 6.07 Å². The highest BCUT2D eigenvalue weighted by molar-refractivity contribution is 5.46. The Balaban J connectivity index is 0.000000310. The molecule has 0 atom stereocenters. The second kappa shape index (κ2) is 6.87. The summed E-state index contributed by atoms with van der Waals surface area (Å²) in [5.41, 5.74) is 2.47. The maximum absolute atomic E-state index is 7.51. The predicted octanol–water partition coefficient (Wildman–Crippen LogP) is 3.33. The molecule has 0 aromatic heterocycles. The molecule has 1 nitrogen and oxygen atoms in total. The Bertz CT molecular complexity index is 301. The van der Waals surface area contributed by atoms with Crippen molar-refractivity contribution in [3.63, 3.8) is 0 Å². The van der Waals surface area contributed by atoms with E-state index in [2.05, 4.69) is 44.3 Å². The van der Waals surface area contributed by atoms with Gasteiger partial charge in [0.25, 0.3) is 0 Å². The van der Waals surface area contributed by atoms with Crippen LogP contribution in [0.5, 0.6) is 0 Å². The molecule has 0 heterocycles. The van der Waals surface area contributed by atoms with Gasteiger partial charge in [0.2, 0.25) is 0 Å². The number of nitriles is 1. The fourth-order valence-electron chi connectivity index (χ4n) is 0.703. The summed E-state index contributed by atoms with van der Waals surface area (Å²) in [6.45, 7) is 8.85. The van der Waals surface area contributed by atoms with Crippen LogP contribution in [0.4, 0.5) is 0 Å². The molecule has 0 aliphatic rings. The minimum Gasteiger partial charge on any atom is -0.193 e. The molecule has 0 radical (unpaired) electrons. The largest absolute Gasteiger partial charge is 0.193 e. The van der Waals surface area contributed by atoms with Gasteiger partial charge < -0.3 is 0 Å². The van der Waals surface area contributed by atoms with Crippen molar-refractivity contribution in [2.24, 2.45) is 0 Å².